The molecule has 0 radical (unpaired) electrons. The SMILES string of the molecule is Cl.NC(CNC(=O)c1cnn(-c2cccc(Cl)c2)c1)C1CC1. The molecule has 7 heteroatoms. The minimum absolute atomic E-state index is 0. The number of hydrogen-bond acceptors (Lipinski definition) is 3. The number of aromatic nitrogens is 2. The maximum Gasteiger partial charge on any atom is 0.254 e. The van der Waals surface area contributed by atoms with Gasteiger partial charge in [0.1, 0.15) is 0 Å². The lowest BCUT2D eigenvalue weighted by Crippen LogP contribution is -2.38. The van der Waals surface area contributed by atoms with Crippen LogP contribution in [0, 0.1) is 5.92 Å². The van der Waals surface area contributed by atoms with Crippen molar-refractivity contribution in [2.45, 2.75) is 18.9 Å². The first-order valence-corrected chi connectivity index (χ1v) is 7.35. The van der Waals surface area contributed by atoms with Crippen molar-refractivity contribution in [2.24, 2.45) is 11.7 Å². The van der Waals surface area contributed by atoms with Crippen LogP contribution in [0.25, 0.3) is 5.69 Å². The Balaban J connectivity index is 0.00000176. The van der Waals surface area contributed by atoms with E-state index in [2.05, 4.69) is 10.4 Å². The van der Waals surface area contributed by atoms with Crippen LogP contribution in [0.15, 0.2) is 36.7 Å². The average molecular weight is 341 g/mol. The summed E-state index contributed by atoms with van der Waals surface area (Å²) >= 11 is 5.95. The third-order valence-corrected chi connectivity index (χ3v) is 3.88. The van der Waals surface area contributed by atoms with Gasteiger partial charge < -0.3 is 11.1 Å². The van der Waals surface area contributed by atoms with E-state index in [1.807, 2.05) is 12.1 Å². The average Bonchev–Trinajstić information content (AvgIpc) is 3.21. The Morgan fingerprint density at radius 1 is 1.50 bits per heavy atom. The predicted molar refractivity (Wildman–Crippen MR) is 88.9 cm³/mol. The normalized spacial score (nSPS) is 15.0. The number of halogens is 2. The molecule has 2 aromatic rings. The van der Waals surface area contributed by atoms with E-state index in [-0.39, 0.29) is 24.4 Å². The fraction of sp³-hybridized carbons (Fsp3) is 0.333. The highest BCUT2D eigenvalue weighted by Gasteiger charge is 2.28. The molecule has 3 N–H and O–H groups in total. The van der Waals surface area contributed by atoms with Gasteiger partial charge in [-0.2, -0.15) is 5.10 Å². The Morgan fingerprint density at radius 3 is 2.95 bits per heavy atom. The first-order chi connectivity index (χ1) is 10.1. The minimum atomic E-state index is -0.153. The van der Waals surface area contributed by atoms with E-state index in [1.54, 1.807) is 29.2 Å². The Labute approximate surface area is 140 Å². The van der Waals surface area contributed by atoms with Crippen molar-refractivity contribution in [3.8, 4) is 5.69 Å². The highest BCUT2D eigenvalue weighted by Crippen LogP contribution is 2.31. The molecule has 0 spiro atoms. The summed E-state index contributed by atoms with van der Waals surface area (Å²) in [6.07, 6.45) is 5.57. The van der Waals surface area contributed by atoms with E-state index in [0.717, 1.165) is 5.69 Å². The summed E-state index contributed by atoms with van der Waals surface area (Å²) in [5.41, 5.74) is 7.30. The van der Waals surface area contributed by atoms with Crippen molar-refractivity contribution in [3.05, 3.63) is 47.2 Å². The van der Waals surface area contributed by atoms with Crippen molar-refractivity contribution in [1.82, 2.24) is 15.1 Å². The fourth-order valence-corrected chi connectivity index (χ4v) is 2.39. The van der Waals surface area contributed by atoms with Crippen LogP contribution in [0.2, 0.25) is 5.02 Å². The zero-order chi connectivity index (χ0) is 14.8. The Kier molecular flexibility index (Phi) is 5.45. The van der Waals surface area contributed by atoms with E-state index >= 15 is 0 Å². The number of nitrogens with two attached hydrogens (primary N) is 1. The van der Waals surface area contributed by atoms with Crippen LogP contribution in [0.5, 0.6) is 0 Å². The lowest BCUT2D eigenvalue weighted by Gasteiger charge is -2.10. The van der Waals surface area contributed by atoms with Crippen LogP contribution in [-0.4, -0.2) is 28.3 Å². The summed E-state index contributed by atoms with van der Waals surface area (Å²) in [4.78, 5) is 12.1. The van der Waals surface area contributed by atoms with Crippen LogP contribution >= 0.6 is 24.0 Å². The maximum atomic E-state index is 12.1. The van der Waals surface area contributed by atoms with E-state index in [9.17, 15) is 4.79 Å². The van der Waals surface area contributed by atoms with E-state index < -0.39 is 0 Å². The molecular weight excluding hydrogens is 323 g/mol. The largest absolute Gasteiger partial charge is 0.350 e. The molecule has 0 bridgehead atoms. The highest BCUT2D eigenvalue weighted by atomic mass is 35.5. The number of amides is 1. The van der Waals surface area contributed by atoms with Crippen molar-refractivity contribution in [2.75, 3.05) is 6.54 Å². The molecule has 118 valence electrons. The smallest absolute Gasteiger partial charge is 0.254 e. The van der Waals surface area contributed by atoms with E-state index in [0.29, 0.717) is 23.0 Å². The minimum Gasteiger partial charge on any atom is -0.350 e. The van der Waals surface area contributed by atoms with Gasteiger partial charge in [0.15, 0.2) is 0 Å². The van der Waals surface area contributed by atoms with Crippen molar-refractivity contribution >= 4 is 29.9 Å². The Morgan fingerprint density at radius 2 is 2.27 bits per heavy atom. The molecule has 0 aliphatic heterocycles. The number of benzene rings is 1. The molecular formula is C15H18Cl2N4O. The number of hydrogen-bond donors (Lipinski definition) is 2. The van der Waals surface area contributed by atoms with Crippen molar-refractivity contribution in [1.29, 1.82) is 0 Å². The fourth-order valence-electron chi connectivity index (χ4n) is 2.20. The zero-order valence-corrected chi connectivity index (χ0v) is 13.5. The molecule has 3 rings (SSSR count). The molecule has 0 saturated heterocycles. The molecule has 1 aromatic carbocycles. The highest BCUT2D eigenvalue weighted by molar-refractivity contribution is 6.30. The summed E-state index contributed by atoms with van der Waals surface area (Å²) < 4.78 is 1.63. The summed E-state index contributed by atoms with van der Waals surface area (Å²) in [6, 6.07) is 7.36. The van der Waals surface area contributed by atoms with Gasteiger partial charge in [0.25, 0.3) is 5.91 Å². The van der Waals surface area contributed by atoms with Gasteiger partial charge in [-0.25, -0.2) is 4.68 Å². The molecule has 1 aliphatic rings. The van der Waals surface area contributed by atoms with Gasteiger partial charge in [-0.3, -0.25) is 4.79 Å². The number of rotatable bonds is 5. The van der Waals surface area contributed by atoms with Crippen LogP contribution in [0.1, 0.15) is 23.2 Å². The lowest BCUT2D eigenvalue weighted by molar-refractivity contribution is 0.0950. The second-order valence-corrected chi connectivity index (χ2v) is 5.80. The van der Waals surface area contributed by atoms with Gasteiger partial charge in [-0.05, 0) is 37.0 Å². The summed E-state index contributed by atoms with van der Waals surface area (Å²) in [5.74, 6) is 0.416. The van der Waals surface area contributed by atoms with Gasteiger partial charge in [-0.15, -0.1) is 12.4 Å². The molecule has 1 saturated carbocycles. The number of nitrogens with zero attached hydrogens (tertiary/aromatic N) is 2. The van der Waals surface area contributed by atoms with Gasteiger partial charge in [-0.1, -0.05) is 17.7 Å². The Bertz CT molecular complexity index is 654. The molecule has 1 unspecified atom stereocenters. The Hall–Kier alpha value is -1.56. The van der Waals surface area contributed by atoms with Gasteiger partial charge in [0.2, 0.25) is 0 Å². The van der Waals surface area contributed by atoms with Gasteiger partial charge in [0.05, 0.1) is 17.4 Å². The number of nitrogens with one attached hydrogen (secondary N) is 1. The van der Waals surface area contributed by atoms with Gasteiger partial charge in [0, 0.05) is 23.8 Å². The van der Waals surface area contributed by atoms with Crippen LogP contribution < -0.4 is 11.1 Å². The predicted octanol–water partition coefficient (Wildman–Crippen LogP) is 2.41. The molecule has 22 heavy (non-hydrogen) atoms. The molecule has 1 aliphatic carbocycles. The van der Waals surface area contributed by atoms with Crippen molar-refractivity contribution < 1.29 is 4.79 Å². The molecule has 1 amide bonds. The van der Waals surface area contributed by atoms with Crippen molar-refractivity contribution in [3.63, 3.8) is 0 Å². The second kappa shape index (κ2) is 7.13. The topological polar surface area (TPSA) is 72.9 Å². The summed E-state index contributed by atoms with van der Waals surface area (Å²) in [7, 11) is 0. The second-order valence-electron chi connectivity index (χ2n) is 5.36. The standard InChI is InChI=1S/C15H17ClN4O.ClH/c16-12-2-1-3-13(6-12)20-9-11(7-19-20)15(21)18-8-14(17)10-4-5-10;/h1-3,6-7,9-10,14H,4-5,8,17H2,(H,18,21);1H. The summed E-state index contributed by atoms with van der Waals surface area (Å²) in [5, 5.41) is 7.67. The molecule has 5 nitrogen and oxygen atoms in total. The molecule has 1 heterocycles. The zero-order valence-electron chi connectivity index (χ0n) is 11.9. The lowest BCUT2D eigenvalue weighted by atomic mass is 10.2. The quantitative estimate of drug-likeness (QED) is 0.877. The van der Waals surface area contributed by atoms with Gasteiger partial charge >= 0.3 is 0 Å². The van der Waals surface area contributed by atoms with Crippen LogP contribution in [-0.2, 0) is 0 Å². The molecule has 1 fully saturated rings. The maximum absolute atomic E-state index is 12.1. The number of carbonyl (C=O) groups is 1. The van der Waals surface area contributed by atoms with Crippen LogP contribution in [0.3, 0.4) is 0 Å². The monoisotopic (exact) mass is 340 g/mol. The third-order valence-electron chi connectivity index (χ3n) is 3.64. The van der Waals surface area contributed by atoms with E-state index in [4.69, 9.17) is 17.3 Å². The summed E-state index contributed by atoms with van der Waals surface area (Å²) in [6.45, 7) is 0.506. The van der Waals surface area contributed by atoms with E-state index in [1.165, 1.54) is 12.8 Å². The molecule has 1 aromatic heterocycles. The first kappa shape index (κ1) is 16.8. The number of carbonyl (C=O) groups excluding carboxylic acids is 1. The third kappa shape index (κ3) is 4.00. The molecule has 1 atom stereocenters. The van der Waals surface area contributed by atoms with Crippen LogP contribution in [0.4, 0.5) is 0 Å². The first-order valence-electron chi connectivity index (χ1n) is 6.98.